The van der Waals surface area contributed by atoms with Crippen LogP contribution in [0.5, 0.6) is 0 Å². The van der Waals surface area contributed by atoms with E-state index < -0.39 is 0 Å². The second-order valence-corrected chi connectivity index (χ2v) is 5.67. The Labute approximate surface area is 110 Å². The van der Waals surface area contributed by atoms with Gasteiger partial charge in [0.25, 0.3) is 0 Å². The number of hydrogen-bond acceptors (Lipinski definition) is 1. The predicted octanol–water partition coefficient (Wildman–Crippen LogP) is 5.01. The summed E-state index contributed by atoms with van der Waals surface area (Å²) in [6.45, 7) is 11.6. The average Bonchev–Trinajstić information content (AvgIpc) is 2.34. The second-order valence-electron chi connectivity index (χ2n) is 5.67. The van der Waals surface area contributed by atoms with Crippen molar-refractivity contribution in [2.45, 2.75) is 79.1 Å². The van der Waals surface area contributed by atoms with Crippen molar-refractivity contribution in [3.63, 3.8) is 0 Å². The lowest BCUT2D eigenvalue weighted by atomic mass is 9.90. The Hall–Kier alpha value is -0.0400. The molecule has 0 aliphatic heterocycles. The molecule has 0 aromatic carbocycles. The summed E-state index contributed by atoms with van der Waals surface area (Å²) in [6.07, 6.45) is 11.4. The third-order valence-electron chi connectivity index (χ3n) is 3.95. The summed E-state index contributed by atoms with van der Waals surface area (Å²) in [6, 6.07) is 0. The Morgan fingerprint density at radius 2 is 1.35 bits per heavy atom. The monoisotopic (exact) mass is 241 g/mol. The van der Waals surface area contributed by atoms with E-state index in [4.69, 9.17) is 0 Å². The molecule has 1 heteroatoms. The summed E-state index contributed by atoms with van der Waals surface area (Å²) in [7, 11) is 0. The fraction of sp³-hybridized carbons (Fsp3) is 1.00. The van der Waals surface area contributed by atoms with Crippen molar-refractivity contribution >= 4 is 0 Å². The van der Waals surface area contributed by atoms with Gasteiger partial charge in [0.15, 0.2) is 0 Å². The van der Waals surface area contributed by atoms with Crippen LogP contribution in [-0.2, 0) is 0 Å². The van der Waals surface area contributed by atoms with Crippen molar-refractivity contribution in [2.75, 3.05) is 13.1 Å². The van der Waals surface area contributed by atoms with E-state index in [1.54, 1.807) is 0 Å². The maximum atomic E-state index is 3.45. The Bertz CT molecular complexity index is 144. The molecule has 0 radical (unpaired) electrons. The van der Waals surface area contributed by atoms with E-state index >= 15 is 0 Å². The van der Waals surface area contributed by atoms with Crippen LogP contribution in [0, 0.1) is 11.8 Å². The van der Waals surface area contributed by atoms with Crippen LogP contribution in [0.25, 0.3) is 0 Å². The van der Waals surface area contributed by atoms with E-state index in [0.29, 0.717) is 0 Å². The standard InChI is InChI=1S/C16H35N/c1-5-7-8-9-10-11-12-13-15(3)16(4)14-17-6-2/h15-17H,5-14H2,1-4H3. The number of nitrogens with one attached hydrogen (secondary N) is 1. The quantitative estimate of drug-likeness (QED) is 0.474. The van der Waals surface area contributed by atoms with Crippen molar-refractivity contribution in [3.8, 4) is 0 Å². The molecule has 0 saturated heterocycles. The maximum absolute atomic E-state index is 3.45. The van der Waals surface area contributed by atoms with Gasteiger partial charge >= 0.3 is 0 Å². The predicted molar refractivity (Wildman–Crippen MR) is 79.5 cm³/mol. The number of hydrogen-bond donors (Lipinski definition) is 1. The molecule has 0 amide bonds. The van der Waals surface area contributed by atoms with Crippen LogP contribution >= 0.6 is 0 Å². The number of rotatable bonds is 12. The molecule has 0 rings (SSSR count). The molecule has 1 nitrogen and oxygen atoms in total. The van der Waals surface area contributed by atoms with Gasteiger partial charge in [0.1, 0.15) is 0 Å². The van der Waals surface area contributed by atoms with Gasteiger partial charge in [0.05, 0.1) is 0 Å². The minimum absolute atomic E-state index is 0.829. The smallest absolute Gasteiger partial charge is 0.00207 e. The molecule has 17 heavy (non-hydrogen) atoms. The zero-order valence-electron chi connectivity index (χ0n) is 12.7. The first-order valence-corrected chi connectivity index (χ1v) is 7.93. The Morgan fingerprint density at radius 3 is 1.94 bits per heavy atom. The van der Waals surface area contributed by atoms with Crippen LogP contribution in [0.1, 0.15) is 79.1 Å². The summed E-state index contributed by atoms with van der Waals surface area (Å²) < 4.78 is 0. The molecule has 0 heterocycles. The molecule has 1 N–H and O–H groups in total. The SMILES string of the molecule is CCCCCCCCCC(C)C(C)CNCC. The van der Waals surface area contributed by atoms with Gasteiger partial charge < -0.3 is 5.32 Å². The van der Waals surface area contributed by atoms with E-state index in [9.17, 15) is 0 Å². The lowest BCUT2D eigenvalue weighted by Crippen LogP contribution is -2.24. The molecular formula is C16H35N. The Balaban J connectivity index is 3.28. The van der Waals surface area contributed by atoms with Crippen molar-refractivity contribution < 1.29 is 0 Å². The molecule has 0 fully saturated rings. The normalized spacial score (nSPS) is 14.8. The molecule has 0 spiro atoms. The van der Waals surface area contributed by atoms with Gasteiger partial charge in [-0.15, -0.1) is 0 Å². The van der Waals surface area contributed by atoms with Gasteiger partial charge in [-0.2, -0.15) is 0 Å². The molecule has 0 aliphatic rings. The van der Waals surface area contributed by atoms with Crippen LogP contribution < -0.4 is 5.32 Å². The minimum atomic E-state index is 0.829. The van der Waals surface area contributed by atoms with E-state index in [0.717, 1.165) is 18.4 Å². The first-order valence-electron chi connectivity index (χ1n) is 7.93. The molecule has 0 aromatic rings. The molecule has 0 aliphatic carbocycles. The van der Waals surface area contributed by atoms with E-state index in [-0.39, 0.29) is 0 Å². The first-order chi connectivity index (χ1) is 8.22. The zero-order valence-corrected chi connectivity index (χ0v) is 12.7. The summed E-state index contributed by atoms with van der Waals surface area (Å²) in [5.74, 6) is 1.71. The molecule has 0 saturated carbocycles. The van der Waals surface area contributed by atoms with Gasteiger partial charge in [0.2, 0.25) is 0 Å². The van der Waals surface area contributed by atoms with Crippen LogP contribution in [0.15, 0.2) is 0 Å². The van der Waals surface area contributed by atoms with Gasteiger partial charge in [-0.3, -0.25) is 0 Å². The minimum Gasteiger partial charge on any atom is -0.317 e. The van der Waals surface area contributed by atoms with Gasteiger partial charge in [0, 0.05) is 0 Å². The summed E-state index contributed by atoms with van der Waals surface area (Å²) in [5.41, 5.74) is 0. The largest absolute Gasteiger partial charge is 0.317 e. The summed E-state index contributed by atoms with van der Waals surface area (Å²) in [5, 5.41) is 3.45. The van der Waals surface area contributed by atoms with Crippen molar-refractivity contribution in [3.05, 3.63) is 0 Å². The zero-order chi connectivity index (χ0) is 12.9. The van der Waals surface area contributed by atoms with Gasteiger partial charge in [-0.05, 0) is 24.9 Å². The van der Waals surface area contributed by atoms with Gasteiger partial charge in [-0.25, -0.2) is 0 Å². The Morgan fingerprint density at radius 1 is 0.765 bits per heavy atom. The molecule has 0 aromatic heterocycles. The average molecular weight is 241 g/mol. The summed E-state index contributed by atoms with van der Waals surface area (Å²) in [4.78, 5) is 0. The van der Waals surface area contributed by atoms with E-state index in [1.807, 2.05) is 0 Å². The molecule has 2 unspecified atom stereocenters. The highest BCUT2D eigenvalue weighted by molar-refractivity contribution is 4.64. The topological polar surface area (TPSA) is 12.0 Å². The fourth-order valence-electron chi connectivity index (χ4n) is 2.28. The number of unbranched alkanes of at least 4 members (excludes halogenated alkanes) is 6. The van der Waals surface area contributed by atoms with Crippen molar-refractivity contribution in [1.29, 1.82) is 0 Å². The highest BCUT2D eigenvalue weighted by Gasteiger charge is 2.10. The second kappa shape index (κ2) is 12.4. The van der Waals surface area contributed by atoms with Gasteiger partial charge in [-0.1, -0.05) is 79.1 Å². The highest BCUT2D eigenvalue weighted by atomic mass is 14.8. The van der Waals surface area contributed by atoms with Crippen molar-refractivity contribution in [2.24, 2.45) is 11.8 Å². The van der Waals surface area contributed by atoms with E-state index in [1.165, 1.54) is 57.9 Å². The molecule has 0 bridgehead atoms. The lowest BCUT2D eigenvalue weighted by Gasteiger charge is -2.20. The third kappa shape index (κ3) is 10.8. The summed E-state index contributed by atoms with van der Waals surface area (Å²) >= 11 is 0. The van der Waals surface area contributed by atoms with Crippen LogP contribution in [0.4, 0.5) is 0 Å². The van der Waals surface area contributed by atoms with E-state index in [2.05, 4.69) is 33.0 Å². The van der Waals surface area contributed by atoms with Crippen molar-refractivity contribution in [1.82, 2.24) is 5.32 Å². The van der Waals surface area contributed by atoms with Crippen LogP contribution in [0.2, 0.25) is 0 Å². The first kappa shape index (κ1) is 17.0. The molecular weight excluding hydrogens is 206 g/mol. The van der Waals surface area contributed by atoms with Crippen LogP contribution in [-0.4, -0.2) is 13.1 Å². The maximum Gasteiger partial charge on any atom is -0.00207 e. The molecule has 2 atom stereocenters. The molecule has 104 valence electrons. The van der Waals surface area contributed by atoms with Crippen LogP contribution in [0.3, 0.4) is 0 Å². The highest BCUT2D eigenvalue weighted by Crippen LogP contribution is 2.18. The fourth-order valence-corrected chi connectivity index (χ4v) is 2.28. The lowest BCUT2D eigenvalue weighted by molar-refractivity contribution is 0.338. The third-order valence-corrected chi connectivity index (χ3v) is 3.95. The Kier molecular flexibility index (Phi) is 12.4.